The summed E-state index contributed by atoms with van der Waals surface area (Å²) in [6, 6.07) is 0. The number of amides is 1. The van der Waals surface area contributed by atoms with Crippen molar-refractivity contribution in [2.24, 2.45) is 17.3 Å². The molecule has 0 spiro atoms. The largest absolute Gasteiger partial charge is 0.336 e. The number of rotatable bonds is 4. The number of hydrogen-bond acceptors (Lipinski definition) is 4. The SMILES string of the molecule is CC(C)c1nc(C(=O)N2CCCN(CC3=CC[C@H]4C[C@@H]3C4(C)C)CC2)cs1. The fourth-order valence-corrected chi connectivity index (χ4v) is 5.87. The molecule has 0 unspecified atom stereocenters. The van der Waals surface area contributed by atoms with Gasteiger partial charge in [-0.05, 0) is 36.5 Å². The first-order valence-corrected chi connectivity index (χ1v) is 11.4. The molecule has 0 N–H and O–H groups in total. The molecular formula is C22H33N3OS. The van der Waals surface area contributed by atoms with E-state index in [1.54, 1.807) is 16.9 Å². The lowest BCUT2D eigenvalue weighted by Gasteiger charge is -2.57. The molecular weight excluding hydrogens is 354 g/mol. The summed E-state index contributed by atoms with van der Waals surface area (Å²) in [4.78, 5) is 22.0. The van der Waals surface area contributed by atoms with Gasteiger partial charge < -0.3 is 4.90 Å². The van der Waals surface area contributed by atoms with E-state index >= 15 is 0 Å². The van der Waals surface area contributed by atoms with Crippen molar-refractivity contribution >= 4 is 17.2 Å². The lowest BCUT2D eigenvalue weighted by Crippen LogP contribution is -2.50. The summed E-state index contributed by atoms with van der Waals surface area (Å²) in [5.41, 5.74) is 2.79. The molecule has 2 bridgehead atoms. The summed E-state index contributed by atoms with van der Waals surface area (Å²) in [6.45, 7) is 14.0. The van der Waals surface area contributed by atoms with Crippen LogP contribution in [0.2, 0.25) is 0 Å². The minimum absolute atomic E-state index is 0.111. The van der Waals surface area contributed by atoms with Gasteiger partial charge in [-0.3, -0.25) is 9.69 Å². The second kappa shape index (κ2) is 7.32. The average molecular weight is 388 g/mol. The number of aromatic nitrogens is 1. The highest BCUT2D eigenvalue weighted by Gasteiger charge is 2.51. The van der Waals surface area contributed by atoms with Gasteiger partial charge in [0.25, 0.3) is 5.91 Å². The van der Waals surface area contributed by atoms with Gasteiger partial charge in [-0.2, -0.15) is 0 Å². The lowest BCUT2D eigenvalue weighted by molar-refractivity contribution is -0.0105. The summed E-state index contributed by atoms with van der Waals surface area (Å²) in [6.07, 6.45) is 6.22. The van der Waals surface area contributed by atoms with Crippen LogP contribution in [-0.4, -0.2) is 53.4 Å². The number of fused-ring (bicyclic) bond motifs is 1. The molecule has 0 aromatic carbocycles. The topological polar surface area (TPSA) is 36.4 Å². The number of nitrogens with zero attached hydrogens (tertiary/aromatic N) is 3. The Morgan fingerprint density at radius 3 is 2.78 bits per heavy atom. The van der Waals surface area contributed by atoms with Gasteiger partial charge in [0.15, 0.2) is 0 Å². The Balaban J connectivity index is 1.35. The lowest BCUT2D eigenvalue weighted by atomic mass is 9.49. The zero-order valence-electron chi connectivity index (χ0n) is 17.2. The first-order valence-electron chi connectivity index (χ1n) is 10.5. The summed E-state index contributed by atoms with van der Waals surface area (Å²) in [5.74, 6) is 2.18. The van der Waals surface area contributed by atoms with Crippen LogP contribution in [0.5, 0.6) is 0 Å². The maximum Gasteiger partial charge on any atom is 0.273 e. The quantitative estimate of drug-likeness (QED) is 0.718. The normalized spacial score (nSPS) is 27.9. The second-order valence-electron chi connectivity index (χ2n) is 9.47. The summed E-state index contributed by atoms with van der Waals surface area (Å²) >= 11 is 1.61. The van der Waals surface area contributed by atoms with Crippen molar-refractivity contribution in [3.05, 3.63) is 27.7 Å². The molecule has 1 aromatic rings. The first-order chi connectivity index (χ1) is 12.9. The van der Waals surface area contributed by atoms with Crippen LogP contribution in [-0.2, 0) is 0 Å². The van der Waals surface area contributed by atoms with E-state index in [9.17, 15) is 4.79 Å². The molecule has 1 saturated heterocycles. The third-order valence-electron chi connectivity index (χ3n) is 7.10. The third kappa shape index (κ3) is 3.61. The fraction of sp³-hybridized carbons (Fsp3) is 0.727. The second-order valence-corrected chi connectivity index (χ2v) is 10.4. The molecule has 2 fully saturated rings. The van der Waals surface area contributed by atoms with Crippen molar-refractivity contribution in [1.29, 1.82) is 0 Å². The molecule has 5 rings (SSSR count). The molecule has 2 atom stereocenters. The maximum atomic E-state index is 12.9. The van der Waals surface area contributed by atoms with E-state index in [0.717, 1.165) is 56.0 Å². The molecule has 4 aliphatic rings. The molecule has 5 heteroatoms. The molecule has 148 valence electrons. The van der Waals surface area contributed by atoms with Crippen molar-refractivity contribution in [2.75, 3.05) is 32.7 Å². The minimum Gasteiger partial charge on any atom is -0.336 e. The van der Waals surface area contributed by atoms with Gasteiger partial charge in [0, 0.05) is 44.0 Å². The van der Waals surface area contributed by atoms with Crippen LogP contribution < -0.4 is 0 Å². The summed E-state index contributed by atoms with van der Waals surface area (Å²) in [7, 11) is 0. The van der Waals surface area contributed by atoms with Crippen molar-refractivity contribution in [3.63, 3.8) is 0 Å². The molecule has 1 saturated carbocycles. The van der Waals surface area contributed by atoms with E-state index in [4.69, 9.17) is 0 Å². The van der Waals surface area contributed by atoms with Crippen LogP contribution in [0.25, 0.3) is 0 Å². The van der Waals surface area contributed by atoms with Gasteiger partial charge in [-0.25, -0.2) is 4.98 Å². The fourth-order valence-electron chi connectivity index (χ4n) is 5.06. The van der Waals surface area contributed by atoms with Gasteiger partial charge in [-0.15, -0.1) is 11.3 Å². The molecule has 0 radical (unpaired) electrons. The van der Waals surface area contributed by atoms with Gasteiger partial charge in [0.2, 0.25) is 0 Å². The van der Waals surface area contributed by atoms with E-state index in [0.29, 0.717) is 17.0 Å². The zero-order chi connectivity index (χ0) is 19.2. The Morgan fingerprint density at radius 2 is 2.11 bits per heavy atom. The molecule has 1 aromatic heterocycles. The van der Waals surface area contributed by atoms with E-state index < -0.39 is 0 Å². The Kier molecular flexibility index (Phi) is 5.19. The van der Waals surface area contributed by atoms with Crippen LogP contribution in [0.4, 0.5) is 0 Å². The number of carbonyl (C=O) groups is 1. The first kappa shape index (κ1) is 19.1. The van der Waals surface area contributed by atoms with Gasteiger partial charge in [0.1, 0.15) is 5.69 Å². The predicted molar refractivity (Wildman–Crippen MR) is 111 cm³/mol. The summed E-state index contributed by atoms with van der Waals surface area (Å²) in [5, 5.41) is 2.99. The average Bonchev–Trinajstić information content (AvgIpc) is 3.03. The van der Waals surface area contributed by atoms with Gasteiger partial charge in [-0.1, -0.05) is 39.3 Å². The van der Waals surface area contributed by atoms with Crippen molar-refractivity contribution in [1.82, 2.24) is 14.8 Å². The van der Waals surface area contributed by atoms with Crippen molar-refractivity contribution in [3.8, 4) is 0 Å². The van der Waals surface area contributed by atoms with Crippen LogP contribution >= 0.6 is 11.3 Å². The summed E-state index contributed by atoms with van der Waals surface area (Å²) < 4.78 is 0. The molecule has 1 amide bonds. The predicted octanol–water partition coefficient (Wildman–Crippen LogP) is 4.41. The molecule has 1 aliphatic heterocycles. The van der Waals surface area contributed by atoms with Gasteiger partial charge >= 0.3 is 0 Å². The molecule has 3 aliphatic carbocycles. The standard InChI is InChI=1S/C22H33N3OS/c1-15(2)20-23-19(14-27-20)21(26)25-9-5-8-24(10-11-25)13-16-6-7-17-12-18(16)22(17,3)4/h6,14-15,17-18H,5,7-13H2,1-4H3/t17-,18-/m0/s1. The highest BCUT2D eigenvalue weighted by Crippen LogP contribution is 2.59. The zero-order valence-corrected chi connectivity index (χ0v) is 18.0. The molecule has 2 heterocycles. The van der Waals surface area contributed by atoms with Crippen LogP contribution in [0.1, 0.15) is 68.4 Å². The van der Waals surface area contributed by atoms with Crippen LogP contribution in [0.15, 0.2) is 17.0 Å². The minimum atomic E-state index is 0.111. The number of carbonyl (C=O) groups excluding carboxylic acids is 1. The van der Waals surface area contributed by atoms with Gasteiger partial charge in [0.05, 0.1) is 5.01 Å². The Hall–Kier alpha value is -1.20. The van der Waals surface area contributed by atoms with E-state index in [2.05, 4.69) is 43.7 Å². The Bertz CT molecular complexity index is 736. The van der Waals surface area contributed by atoms with E-state index in [1.807, 2.05) is 10.3 Å². The number of hydrogen-bond donors (Lipinski definition) is 0. The maximum absolute atomic E-state index is 12.9. The highest BCUT2D eigenvalue weighted by molar-refractivity contribution is 7.09. The molecule has 27 heavy (non-hydrogen) atoms. The number of thiazole rings is 1. The monoisotopic (exact) mass is 387 g/mol. The van der Waals surface area contributed by atoms with Crippen LogP contribution in [0.3, 0.4) is 0 Å². The smallest absolute Gasteiger partial charge is 0.273 e. The van der Waals surface area contributed by atoms with Crippen molar-refractivity contribution in [2.45, 2.75) is 52.9 Å². The van der Waals surface area contributed by atoms with Crippen molar-refractivity contribution < 1.29 is 4.79 Å². The Morgan fingerprint density at radius 1 is 1.30 bits per heavy atom. The molecule has 4 nitrogen and oxygen atoms in total. The van der Waals surface area contributed by atoms with E-state index in [-0.39, 0.29) is 5.91 Å². The third-order valence-corrected chi connectivity index (χ3v) is 8.24. The Labute approximate surface area is 167 Å². The highest BCUT2D eigenvalue weighted by atomic mass is 32.1. The van der Waals surface area contributed by atoms with E-state index in [1.165, 1.54) is 12.8 Å². The number of allylic oxidation sites excluding steroid dienone is 1. The van der Waals surface area contributed by atoms with Crippen LogP contribution in [0, 0.1) is 17.3 Å².